The highest BCUT2D eigenvalue weighted by Gasteiger charge is 2.35. The van der Waals surface area contributed by atoms with Crippen molar-refractivity contribution in [3.05, 3.63) is 95.8 Å². The van der Waals surface area contributed by atoms with Crippen LogP contribution in [-0.4, -0.2) is 80.5 Å². The van der Waals surface area contributed by atoms with Crippen molar-refractivity contribution in [2.75, 3.05) is 40.9 Å². The lowest BCUT2D eigenvalue weighted by Gasteiger charge is -2.34. The van der Waals surface area contributed by atoms with E-state index >= 15 is 0 Å². The summed E-state index contributed by atoms with van der Waals surface area (Å²) >= 11 is 0. The summed E-state index contributed by atoms with van der Waals surface area (Å²) in [4.78, 5) is 42.9. The van der Waals surface area contributed by atoms with E-state index in [0.29, 0.717) is 18.7 Å². The molecule has 230 valence electrons. The average molecular weight is 591 g/mol. The molecule has 0 radical (unpaired) electrons. The molecule has 3 aromatic carbocycles. The molecule has 0 unspecified atom stereocenters. The molecule has 3 rings (SSSR count). The molecule has 3 aromatic rings. The molecule has 3 N–H and O–H groups in total. The van der Waals surface area contributed by atoms with Gasteiger partial charge < -0.3 is 25.6 Å². The summed E-state index contributed by atoms with van der Waals surface area (Å²) in [6, 6.07) is 22.0. The standard InChI is InChI=1S/C34H43FN4O4/c1-37-33(41)30(23-28-14-8-9-15-29(28)35)39(3)34(42)31(38(2)32(40)24-43-21-11-5-10-20-36)22-25-16-18-27(19-17-25)26-12-6-4-7-13-26/h4,6-9,12-19,30-31H,5,10-11,20-24,36H2,1-3H3,(H,37,41)/t30-,31-/m1/s1. The van der Waals surface area contributed by atoms with Gasteiger partial charge in [-0.05, 0) is 54.1 Å². The van der Waals surface area contributed by atoms with Gasteiger partial charge >= 0.3 is 0 Å². The van der Waals surface area contributed by atoms with Crippen LogP contribution >= 0.6 is 0 Å². The van der Waals surface area contributed by atoms with Crippen LogP contribution in [0.2, 0.25) is 0 Å². The molecule has 0 aliphatic heterocycles. The predicted molar refractivity (Wildman–Crippen MR) is 167 cm³/mol. The number of unbranched alkanes of at least 4 members (excludes halogenated alkanes) is 2. The number of ether oxygens (including phenoxy) is 1. The van der Waals surface area contributed by atoms with E-state index in [0.717, 1.165) is 36.0 Å². The second kappa shape index (κ2) is 17.1. The van der Waals surface area contributed by atoms with Crippen molar-refractivity contribution in [2.45, 2.75) is 44.2 Å². The van der Waals surface area contributed by atoms with Gasteiger partial charge in [0.05, 0.1) is 0 Å². The Kier molecular flexibility index (Phi) is 13.3. The van der Waals surface area contributed by atoms with Crippen LogP contribution in [0.15, 0.2) is 78.9 Å². The third kappa shape index (κ3) is 9.73. The first-order chi connectivity index (χ1) is 20.8. The molecule has 0 aliphatic carbocycles. The molecule has 0 fully saturated rings. The Bertz CT molecular complexity index is 1320. The first-order valence-corrected chi connectivity index (χ1v) is 14.7. The average Bonchev–Trinajstić information content (AvgIpc) is 3.04. The highest BCUT2D eigenvalue weighted by atomic mass is 19.1. The van der Waals surface area contributed by atoms with E-state index in [1.807, 2.05) is 54.6 Å². The number of rotatable bonds is 16. The maximum atomic E-state index is 14.5. The molecule has 0 aromatic heterocycles. The molecule has 0 saturated carbocycles. The van der Waals surface area contributed by atoms with Crippen molar-refractivity contribution in [1.29, 1.82) is 0 Å². The minimum Gasteiger partial charge on any atom is -0.372 e. The van der Waals surface area contributed by atoms with E-state index in [1.165, 1.54) is 30.0 Å². The molecule has 0 saturated heterocycles. The van der Waals surface area contributed by atoms with Crippen LogP contribution in [0.1, 0.15) is 30.4 Å². The van der Waals surface area contributed by atoms with E-state index in [-0.39, 0.29) is 25.4 Å². The number of likely N-dealkylation sites (N-methyl/N-ethyl adjacent to an activating group) is 3. The fourth-order valence-corrected chi connectivity index (χ4v) is 4.87. The van der Waals surface area contributed by atoms with Gasteiger partial charge in [0.2, 0.25) is 17.7 Å². The summed E-state index contributed by atoms with van der Waals surface area (Å²) in [5.74, 6) is -1.67. The quantitative estimate of drug-likeness (QED) is 0.247. The van der Waals surface area contributed by atoms with Gasteiger partial charge in [0.1, 0.15) is 24.5 Å². The van der Waals surface area contributed by atoms with Crippen LogP contribution in [-0.2, 0) is 32.0 Å². The molecule has 0 heterocycles. The summed E-state index contributed by atoms with van der Waals surface area (Å²) in [6.07, 6.45) is 2.79. The maximum Gasteiger partial charge on any atom is 0.248 e. The Balaban J connectivity index is 1.84. The van der Waals surface area contributed by atoms with Crippen molar-refractivity contribution in [1.82, 2.24) is 15.1 Å². The van der Waals surface area contributed by atoms with Crippen molar-refractivity contribution in [3.63, 3.8) is 0 Å². The van der Waals surface area contributed by atoms with Crippen LogP contribution in [0.5, 0.6) is 0 Å². The molecule has 0 aliphatic rings. The molecule has 9 heteroatoms. The second-order valence-corrected chi connectivity index (χ2v) is 10.6. The number of amides is 3. The number of hydrogen-bond donors (Lipinski definition) is 2. The topological polar surface area (TPSA) is 105 Å². The van der Waals surface area contributed by atoms with E-state index in [1.54, 1.807) is 25.2 Å². The monoisotopic (exact) mass is 590 g/mol. The zero-order chi connectivity index (χ0) is 31.2. The number of carbonyl (C=O) groups excluding carboxylic acids is 3. The van der Waals surface area contributed by atoms with Gasteiger partial charge in [-0.2, -0.15) is 0 Å². The van der Waals surface area contributed by atoms with Gasteiger partial charge in [0.25, 0.3) is 0 Å². The summed E-state index contributed by atoms with van der Waals surface area (Å²) < 4.78 is 20.1. The summed E-state index contributed by atoms with van der Waals surface area (Å²) in [6.45, 7) is 0.855. The molecule has 43 heavy (non-hydrogen) atoms. The summed E-state index contributed by atoms with van der Waals surface area (Å²) in [7, 11) is 4.56. The number of nitrogens with one attached hydrogen (secondary N) is 1. The van der Waals surface area contributed by atoms with Crippen molar-refractivity contribution in [2.24, 2.45) is 5.73 Å². The number of halogens is 1. The zero-order valence-electron chi connectivity index (χ0n) is 25.3. The molecular weight excluding hydrogens is 547 g/mol. The lowest BCUT2D eigenvalue weighted by molar-refractivity contribution is -0.149. The zero-order valence-corrected chi connectivity index (χ0v) is 25.3. The number of nitrogens with zero attached hydrogens (tertiary/aromatic N) is 2. The number of benzene rings is 3. The third-order valence-electron chi connectivity index (χ3n) is 7.59. The normalized spacial score (nSPS) is 12.3. The van der Waals surface area contributed by atoms with Gasteiger partial charge in [0.15, 0.2) is 0 Å². The first kappa shape index (κ1) is 33.4. The number of carbonyl (C=O) groups is 3. The highest BCUT2D eigenvalue weighted by molar-refractivity contribution is 5.92. The lowest BCUT2D eigenvalue weighted by Crippen LogP contribution is -2.56. The fourth-order valence-electron chi connectivity index (χ4n) is 4.87. The van der Waals surface area contributed by atoms with Gasteiger partial charge in [-0.3, -0.25) is 14.4 Å². The largest absolute Gasteiger partial charge is 0.372 e. The first-order valence-electron chi connectivity index (χ1n) is 14.7. The van der Waals surface area contributed by atoms with Gasteiger partial charge in [-0.25, -0.2) is 4.39 Å². The number of hydrogen-bond acceptors (Lipinski definition) is 5. The minimum absolute atomic E-state index is 0.0172. The van der Waals surface area contributed by atoms with Crippen molar-refractivity contribution in [3.8, 4) is 11.1 Å². The van der Waals surface area contributed by atoms with Crippen molar-refractivity contribution < 1.29 is 23.5 Å². The Hall–Kier alpha value is -4.08. The molecule has 8 nitrogen and oxygen atoms in total. The third-order valence-corrected chi connectivity index (χ3v) is 7.59. The summed E-state index contributed by atoms with van der Waals surface area (Å²) in [5.41, 5.74) is 8.80. The Morgan fingerprint density at radius 2 is 1.47 bits per heavy atom. The second-order valence-electron chi connectivity index (χ2n) is 10.6. The molecule has 0 spiro atoms. The Morgan fingerprint density at radius 1 is 0.814 bits per heavy atom. The van der Waals surface area contributed by atoms with Gasteiger partial charge in [0, 0.05) is 40.6 Å². The predicted octanol–water partition coefficient (Wildman–Crippen LogP) is 3.82. The van der Waals surface area contributed by atoms with Crippen LogP contribution in [0.3, 0.4) is 0 Å². The van der Waals surface area contributed by atoms with Gasteiger partial charge in [-0.15, -0.1) is 0 Å². The Labute approximate surface area is 254 Å². The van der Waals surface area contributed by atoms with Crippen LogP contribution in [0.4, 0.5) is 4.39 Å². The highest BCUT2D eigenvalue weighted by Crippen LogP contribution is 2.21. The van der Waals surface area contributed by atoms with E-state index in [4.69, 9.17) is 10.5 Å². The maximum absolute atomic E-state index is 14.5. The molecule has 0 bridgehead atoms. The fraction of sp³-hybridized carbons (Fsp3) is 0.382. The Morgan fingerprint density at radius 3 is 2.12 bits per heavy atom. The van der Waals surface area contributed by atoms with Crippen LogP contribution < -0.4 is 11.1 Å². The van der Waals surface area contributed by atoms with E-state index < -0.39 is 29.7 Å². The van der Waals surface area contributed by atoms with E-state index in [9.17, 15) is 18.8 Å². The number of nitrogens with two attached hydrogens (primary N) is 1. The molecule has 2 atom stereocenters. The van der Waals surface area contributed by atoms with Crippen molar-refractivity contribution >= 4 is 17.7 Å². The molecule has 3 amide bonds. The van der Waals surface area contributed by atoms with Gasteiger partial charge in [-0.1, -0.05) is 72.8 Å². The van der Waals surface area contributed by atoms with Crippen LogP contribution in [0, 0.1) is 5.82 Å². The smallest absolute Gasteiger partial charge is 0.248 e. The van der Waals surface area contributed by atoms with E-state index in [2.05, 4.69) is 5.32 Å². The summed E-state index contributed by atoms with van der Waals surface area (Å²) in [5, 5.41) is 2.59. The molecular formula is C34H43FN4O4. The minimum atomic E-state index is -0.986. The van der Waals surface area contributed by atoms with Crippen LogP contribution in [0.25, 0.3) is 11.1 Å². The SMILES string of the molecule is CNC(=O)[C@@H](Cc1ccccc1F)N(C)C(=O)[C@@H](Cc1ccc(-c2ccccc2)cc1)N(C)C(=O)COCCCCCN. The lowest BCUT2D eigenvalue weighted by atomic mass is 9.98.